The molecule has 0 spiro atoms. The molecule has 0 bridgehead atoms. The molecule has 1 saturated heterocycles. The van der Waals surface area contributed by atoms with E-state index >= 15 is 0 Å². The molecule has 2 heterocycles. The van der Waals surface area contributed by atoms with Crippen molar-refractivity contribution in [2.24, 2.45) is 0 Å². The number of nitrogens with zero attached hydrogens (tertiary/aromatic N) is 4. The van der Waals surface area contributed by atoms with Gasteiger partial charge >= 0.3 is 0 Å². The van der Waals surface area contributed by atoms with Crippen LogP contribution in [-0.4, -0.2) is 47.0 Å². The van der Waals surface area contributed by atoms with E-state index in [1.165, 1.54) is 18.2 Å². The van der Waals surface area contributed by atoms with E-state index < -0.39 is 5.82 Å². The van der Waals surface area contributed by atoms with Crippen LogP contribution >= 0.6 is 11.6 Å². The van der Waals surface area contributed by atoms with E-state index in [2.05, 4.69) is 21.8 Å². The molecule has 1 aromatic heterocycles. The number of rotatable bonds is 3. The summed E-state index contributed by atoms with van der Waals surface area (Å²) in [6.07, 6.45) is 5.34. The highest BCUT2D eigenvalue weighted by Gasteiger charge is 2.23. The lowest BCUT2D eigenvalue weighted by molar-refractivity contribution is 0.0762. The average Bonchev–Trinajstić information content (AvgIpc) is 2.87. The van der Waals surface area contributed by atoms with Gasteiger partial charge in [-0.15, -0.1) is 0 Å². The first-order chi connectivity index (χ1) is 12.1. The second-order valence-corrected chi connectivity index (χ2v) is 6.44. The summed E-state index contributed by atoms with van der Waals surface area (Å²) in [5.41, 5.74) is 1.15. The molecular weight excluding hydrogens is 343 g/mol. The molecule has 0 atom stereocenters. The molecule has 2 aromatic rings. The van der Waals surface area contributed by atoms with Crippen molar-refractivity contribution in [3.8, 4) is 0 Å². The topological polar surface area (TPSA) is 49.3 Å². The Morgan fingerprint density at radius 3 is 2.64 bits per heavy atom. The SMILES string of the molecule is CCc1cnc(N2CCCN(C(=O)c3ccc(Cl)cc3F)CC2)nc1. The summed E-state index contributed by atoms with van der Waals surface area (Å²) in [7, 11) is 0. The quantitative estimate of drug-likeness (QED) is 0.841. The number of halogens is 2. The fourth-order valence-corrected chi connectivity index (χ4v) is 3.01. The van der Waals surface area contributed by atoms with Crippen molar-refractivity contribution in [1.82, 2.24) is 14.9 Å². The number of carbonyl (C=O) groups is 1. The second-order valence-electron chi connectivity index (χ2n) is 6.00. The zero-order valence-corrected chi connectivity index (χ0v) is 14.8. The normalized spacial score (nSPS) is 15.2. The van der Waals surface area contributed by atoms with Crippen LogP contribution < -0.4 is 4.90 Å². The molecule has 25 heavy (non-hydrogen) atoms. The van der Waals surface area contributed by atoms with Gasteiger partial charge in [0.2, 0.25) is 5.95 Å². The van der Waals surface area contributed by atoms with E-state index in [9.17, 15) is 9.18 Å². The molecule has 1 aromatic carbocycles. The van der Waals surface area contributed by atoms with Gasteiger partial charge in [-0.1, -0.05) is 18.5 Å². The Balaban J connectivity index is 1.69. The highest BCUT2D eigenvalue weighted by Crippen LogP contribution is 2.18. The Hall–Kier alpha value is -2.21. The van der Waals surface area contributed by atoms with Crippen molar-refractivity contribution in [2.75, 3.05) is 31.1 Å². The highest BCUT2D eigenvalue weighted by atomic mass is 35.5. The van der Waals surface area contributed by atoms with E-state index in [0.29, 0.717) is 25.6 Å². The predicted molar refractivity (Wildman–Crippen MR) is 95.6 cm³/mol. The van der Waals surface area contributed by atoms with Gasteiger partial charge in [0, 0.05) is 43.6 Å². The van der Waals surface area contributed by atoms with Crippen molar-refractivity contribution in [3.05, 3.63) is 52.6 Å². The molecule has 1 aliphatic heterocycles. The van der Waals surface area contributed by atoms with E-state index in [4.69, 9.17) is 11.6 Å². The van der Waals surface area contributed by atoms with Crippen LogP contribution in [0.2, 0.25) is 5.02 Å². The van der Waals surface area contributed by atoms with Gasteiger partial charge in [0.25, 0.3) is 5.91 Å². The summed E-state index contributed by atoms with van der Waals surface area (Å²) in [5, 5.41) is 0.281. The Labute approximate surface area is 151 Å². The molecule has 1 fully saturated rings. The number of benzene rings is 1. The maximum atomic E-state index is 14.0. The number of amides is 1. The Bertz CT molecular complexity index is 753. The molecule has 7 heteroatoms. The molecule has 0 N–H and O–H groups in total. The van der Waals surface area contributed by atoms with Crippen molar-refractivity contribution in [1.29, 1.82) is 0 Å². The minimum Gasteiger partial charge on any atom is -0.339 e. The third-order valence-electron chi connectivity index (χ3n) is 4.33. The van der Waals surface area contributed by atoms with Crippen molar-refractivity contribution >= 4 is 23.5 Å². The maximum absolute atomic E-state index is 14.0. The van der Waals surface area contributed by atoms with Gasteiger partial charge in [-0.25, -0.2) is 14.4 Å². The summed E-state index contributed by atoms with van der Waals surface area (Å²) < 4.78 is 14.0. The lowest BCUT2D eigenvalue weighted by Crippen LogP contribution is -2.36. The largest absolute Gasteiger partial charge is 0.339 e. The molecule has 3 rings (SSSR count). The highest BCUT2D eigenvalue weighted by molar-refractivity contribution is 6.30. The van der Waals surface area contributed by atoms with Crippen LogP contribution in [0.25, 0.3) is 0 Å². The third kappa shape index (κ3) is 4.07. The van der Waals surface area contributed by atoms with Crippen molar-refractivity contribution < 1.29 is 9.18 Å². The van der Waals surface area contributed by atoms with E-state index in [1.54, 1.807) is 4.90 Å². The molecule has 0 unspecified atom stereocenters. The van der Waals surface area contributed by atoms with Crippen LogP contribution in [0, 0.1) is 5.82 Å². The molecule has 5 nitrogen and oxygen atoms in total. The summed E-state index contributed by atoms with van der Waals surface area (Å²) in [4.78, 5) is 25.1. The summed E-state index contributed by atoms with van der Waals surface area (Å²) in [5.74, 6) is -0.223. The van der Waals surface area contributed by atoms with E-state index in [1.807, 2.05) is 12.4 Å². The Morgan fingerprint density at radius 2 is 1.96 bits per heavy atom. The number of anilines is 1. The van der Waals surface area contributed by atoms with Gasteiger partial charge in [0.1, 0.15) is 5.82 Å². The van der Waals surface area contributed by atoms with Gasteiger partial charge in [-0.2, -0.15) is 0 Å². The van der Waals surface area contributed by atoms with Gasteiger partial charge in [-0.3, -0.25) is 4.79 Å². The standard InChI is InChI=1S/C18H20ClFN4O/c1-2-13-11-21-18(22-12-13)24-7-3-6-23(8-9-24)17(25)15-5-4-14(19)10-16(15)20/h4-5,10-12H,2-3,6-9H2,1H3. The zero-order chi connectivity index (χ0) is 17.8. The number of hydrogen-bond acceptors (Lipinski definition) is 4. The lowest BCUT2D eigenvalue weighted by atomic mass is 10.2. The number of aryl methyl sites for hydroxylation is 1. The number of carbonyl (C=O) groups excluding carboxylic acids is 1. The van der Waals surface area contributed by atoms with Gasteiger partial charge < -0.3 is 9.80 Å². The molecule has 0 radical (unpaired) electrons. The molecule has 132 valence electrons. The third-order valence-corrected chi connectivity index (χ3v) is 4.56. The molecule has 1 amide bonds. The average molecular weight is 363 g/mol. The van der Waals surface area contributed by atoms with Gasteiger partial charge in [-0.05, 0) is 36.6 Å². The van der Waals surface area contributed by atoms with Crippen LogP contribution in [0.5, 0.6) is 0 Å². The fourth-order valence-electron chi connectivity index (χ4n) is 2.85. The molecule has 1 aliphatic rings. The number of aromatic nitrogens is 2. The van der Waals surface area contributed by atoms with E-state index in [0.717, 1.165) is 24.9 Å². The van der Waals surface area contributed by atoms with Crippen molar-refractivity contribution in [2.45, 2.75) is 19.8 Å². The van der Waals surface area contributed by atoms with Crippen LogP contribution in [0.4, 0.5) is 10.3 Å². The van der Waals surface area contributed by atoms with Gasteiger partial charge in [0.05, 0.1) is 5.56 Å². The fraction of sp³-hybridized carbons (Fsp3) is 0.389. The first-order valence-electron chi connectivity index (χ1n) is 8.38. The zero-order valence-electron chi connectivity index (χ0n) is 14.1. The Kier molecular flexibility index (Phi) is 5.48. The molecule has 0 saturated carbocycles. The predicted octanol–water partition coefficient (Wildman–Crippen LogP) is 3.18. The summed E-state index contributed by atoms with van der Waals surface area (Å²) in [6, 6.07) is 4.14. The lowest BCUT2D eigenvalue weighted by Gasteiger charge is -2.22. The van der Waals surface area contributed by atoms with Crippen LogP contribution in [0.3, 0.4) is 0 Å². The Morgan fingerprint density at radius 1 is 1.20 bits per heavy atom. The summed E-state index contributed by atoms with van der Waals surface area (Å²) >= 11 is 5.76. The summed E-state index contributed by atoms with van der Waals surface area (Å²) in [6.45, 7) is 4.51. The van der Waals surface area contributed by atoms with Crippen LogP contribution in [0.1, 0.15) is 29.3 Å². The molecule has 0 aliphatic carbocycles. The minimum atomic E-state index is -0.586. The number of hydrogen-bond donors (Lipinski definition) is 0. The first kappa shape index (κ1) is 17.6. The first-order valence-corrected chi connectivity index (χ1v) is 8.76. The van der Waals surface area contributed by atoms with E-state index in [-0.39, 0.29) is 16.5 Å². The second kappa shape index (κ2) is 7.78. The van der Waals surface area contributed by atoms with Gasteiger partial charge in [0.15, 0.2) is 0 Å². The molecular formula is C18H20ClFN4O. The van der Waals surface area contributed by atoms with Crippen LogP contribution in [-0.2, 0) is 6.42 Å². The maximum Gasteiger partial charge on any atom is 0.256 e. The smallest absolute Gasteiger partial charge is 0.256 e. The van der Waals surface area contributed by atoms with Crippen LogP contribution in [0.15, 0.2) is 30.6 Å². The minimum absolute atomic E-state index is 0.0569. The monoisotopic (exact) mass is 362 g/mol. The van der Waals surface area contributed by atoms with Crippen molar-refractivity contribution in [3.63, 3.8) is 0 Å².